The first-order chi connectivity index (χ1) is 30.2. The molecule has 64 heavy (non-hydrogen) atoms. The van der Waals surface area contributed by atoms with Gasteiger partial charge in [-0.2, -0.15) is 26.3 Å². The molecule has 332 valence electrons. The number of aromatic nitrogens is 6. The first-order valence-electron chi connectivity index (χ1n) is 19.1. The van der Waals surface area contributed by atoms with E-state index in [2.05, 4.69) is 19.9 Å². The van der Waals surface area contributed by atoms with E-state index in [-0.39, 0.29) is 19.7 Å². The van der Waals surface area contributed by atoms with Crippen molar-refractivity contribution in [2.75, 3.05) is 0 Å². The van der Waals surface area contributed by atoms with Crippen LogP contribution in [0, 0.1) is 27.7 Å². The van der Waals surface area contributed by atoms with E-state index >= 15 is 0 Å². The molecule has 4 heterocycles. The molecule has 0 bridgehead atoms. The Morgan fingerprint density at radius 3 is 1.59 bits per heavy atom. The van der Waals surface area contributed by atoms with Crippen LogP contribution >= 0.6 is 34.4 Å². The Bertz CT molecular complexity index is 2790. The summed E-state index contributed by atoms with van der Waals surface area (Å²) in [5.41, 5.74) is 6.16. The molecular formula is C44H36F6N6O5S3. The number of carboxylic acids is 2. The Morgan fingerprint density at radius 2 is 1.11 bits per heavy atom. The monoisotopic (exact) mass is 938 g/mol. The van der Waals surface area contributed by atoms with Crippen molar-refractivity contribution in [2.24, 2.45) is 0 Å². The largest absolute Gasteiger partial charge is 0.488 e. The Hall–Kier alpha value is -6.25. The summed E-state index contributed by atoms with van der Waals surface area (Å²) in [4.78, 5) is 42.5. The number of imidazole rings is 2. The summed E-state index contributed by atoms with van der Waals surface area (Å²) in [6.45, 7) is 7.42. The molecule has 20 heteroatoms. The molecule has 0 radical (unpaired) electrons. The van der Waals surface area contributed by atoms with E-state index in [4.69, 9.17) is 14.9 Å². The smallest absolute Gasteiger partial charge is 0.416 e. The van der Waals surface area contributed by atoms with E-state index in [1.807, 2.05) is 45.9 Å². The molecule has 4 aromatic carbocycles. The summed E-state index contributed by atoms with van der Waals surface area (Å²) in [5, 5.41) is 19.4. The number of nitrogens with zero attached hydrogens (tertiary/aromatic N) is 6. The lowest BCUT2D eigenvalue weighted by Gasteiger charge is -2.08. The van der Waals surface area contributed by atoms with Gasteiger partial charge >= 0.3 is 24.3 Å². The molecule has 2 N–H and O–H groups in total. The van der Waals surface area contributed by atoms with Gasteiger partial charge in [0.15, 0.2) is 0 Å². The lowest BCUT2D eigenvalue weighted by molar-refractivity contribution is -0.138. The molecule has 0 aliphatic carbocycles. The number of carbonyl (C=O) groups is 2. The van der Waals surface area contributed by atoms with Gasteiger partial charge in [0.1, 0.15) is 35.5 Å². The maximum atomic E-state index is 12.8. The summed E-state index contributed by atoms with van der Waals surface area (Å²) >= 11 is 4.44. The SMILES string of the molecule is Cc1nc(-c2ccc(C(F)(F)F)cc2)sc1COc1cc(C)c2c(c1)ncn2CC(=O)O.Cc1nc(-c2ccc(C(F)(F)F)cc2)sc1CSc1cc(C)c2c(c1)ncn2CC(=O)O. The molecule has 0 amide bonds. The highest BCUT2D eigenvalue weighted by molar-refractivity contribution is 7.98. The number of benzene rings is 4. The van der Waals surface area contributed by atoms with Crippen molar-refractivity contribution >= 4 is 68.4 Å². The topological polar surface area (TPSA) is 145 Å². The molecule has 0 aliphatic heterocycles. The van der Waals surface area contributed by atoms with Gasteiger partial charge in [-0.25, -0.2) is 19.9 Å². The number of ether oxygens (including phenoxy) is 1. The van der Waals surface area contributed by atoms with E-state index in [0.717, 1.165) is 78.0 Å². The normalized spacial score (nSPS) is 11.8. The minimum atomic E-state index is -4.38. The zero-order chi connectivity index (χ0) is 46.1. The van der Waals surface area contributed by atoms with Gasteiger partial charge in [0.2, 0.25) is 0 Å². The average Bonchev–Trinajstić information content (AvgIpc) is 4.01. The number of aryl methyl sites for hydroxylation is 4. The van der Waals surface area contributed by atoms with Crippen LogP contribution in [0.25, 0.3) is 43.2 Å². The van der Waals surface area contributed by atoms with Gasteiger partial charge < -0.3 is 24.1 Å². The maximum Gasteiger partial charge on any atom is 0.416 e. The highest BCUT2D eigenvalue weighted by Gasteiger charge is 2.31. The molecule has 0 saturated carbocycles. The van der Waals surface area contributed by atoms with Crippen molar-refractivity contribution in [1.82, 2.24) is 29.1 Å². The Balaban J connectivity index is 0.000000191. The molecule has 0 unspecified atom stereocenters. The molecule has 0 spiro atoms. The van der Waals surface area contributed by atoms with Crippen LogP contribution < -0.4 is 4.74 Å². The van der Waals surface area contributed by atoms with Crippen LogP contribution in [0.1, 0.15) is 43.4 Å². The molecule has 0 fully saturated rings. The Morgan fingerprint density at radius 1 is 0.656 bits per heavy atom. The minimum absolute atomic E-state index is 0.142. The quantitative estimate of drug-likeness (QED) is 0.0897. The molecule has 8 aromatic rings. The van der Waals surface area contributed by atoms with E-state index in [1.54, 1.807) is 27.0 Å². The van der Waals surface area contributed by atoms with Gasteiger partial charge in [-0.05, 0) is 81.3 Å². The standard InChI is InChI=1S/C22H18F3N3O3S.C22H18F3N3O2S2/c2*1-12-7-16(8-17-20(12)28(11-26-17)9-19(29)30)31-10-18-13(2)27-21(32-18)14-3-5-15(6-4-14)22(23,24)25/h2*3-8,11H,9-10H2,1-2H3,(H,29,30). The van der Waals surface area contributed by atoms with Crippen molar-refractivity contribution < 1.29 is 50.9 Å². The fourth-order valence-corrected chi connectivity index (χ4v) is 9.97. The van der Waals surface area contributed by atoms with Gasteiger partial charge in [0.05, 0.1) is 62.1 Å². The zero-order valence-corrected chi connectivity index (χ0v) is 36.7. The van der Waals surface area contributed by atoms with E-state index < -0.39 is 35.4 Å². The van der Waals surface area contributed by atoms with Crippen LogP contribution in [0.3, 0.4) is 0 Å². The molecule has 4 aromatic heterocycles. The van der Waals surface area contributed by atoms with Crippen molar-refractivity contribution in [3.05, 3.63) is 129 Å². The summed E-state index contributed by atoms with van der Waals surface area (Å²) in [6, 6.07) is 17.4. The van der Waals surface area contributed by atoms with Crippen molar-refractivity contribution in [2.45, 2.75) is 70.4 Å². The van der Waals surface area contributed by atoms with Gasteiger partial charge in [-0.3, -0.25) is 9.59 Å². The Kier molecular flexibility index (Phi) is 13.2. The molecule has 0 atom stereocenters. The van der Waals surface area contributed by atoms with Gasteiger partial charge in [0, 0.05) is 32.7 Å². The van der Waals surface area contributed by atoms with Gasteiger partial charge in [-0.15, -0.1) is 34.4 Å². The second-order valence-corrected chi connectivity index (χ2v) is 17.7. The number of fused-ring (bicyclic) bond motifs is 2. The second kappa shape index (κ2) is 18.5. The third-order valence-electron chi connectivity index (χ3n) is 9.81. The Labute approximate surface area is 373 Å². The van der Waals surface area contributed by atoms with E-state index in [0.29, 0.717) is 38.2 Å². The lowest BCUT2D eigenvalue weighted by Crippen LogP contribution is -2.08. The number of thiazole rings is 2. The predicted octanol–water partition coefficient (Wildman–Crippen LogP) is 11.6. The third kappa shape index (κ3) is 10.6. The number of halogens is 6. The highest BCUT2D eigenvalue weighted by Crippen LogP contribution is 2.37. The van der Waals surface area contributed by atoms with Crippen molar-refractivity contribution in [1.29, 1.82) is 0 Å². The molecule has 0 aliphatic rings. The summed E-state index contributed by atoms with van der Waals surface area (Å²) in [5.74, 6) is -0.634. The molecule has 0 saturated heterocycles. The molecule has 8 rings (SSSR count). The van der Waals surface area contributed by atoms with E-state index in [1.165, 1.54) is 59.6 Å². The number of aliphatic carboxylic acids is 2. The number of alkyl halides is 6. The lowest BCUT2D eigenvalue weighted by atomic mass is 10.1. The van der Waals surface area contributed by atoms with Crippen LogP contribution in [0.15, 0.2) is 90.3 Å². The number of hydrogen-bond donors (Lipinski definition) is 2. The van der Waals surface area contributed by atoms with E-state index in [9.17, 15) is 35.9 Å². The van der Waals surface area contributed by atoms with Crippen molar-refractivity contribution in [3.63, 3.8) is 0 Å². The third-order valence-corrected chi connectivity index (χ3v) is 13.4. The van der Waals surface area contributed by atoms with Crippen LogP contribution in [-0.2, 0) is 47.4 Å². The average molecular weight is 939 g/mol. The molecule has 11 nitrogen and oxygen atoms in total. The van der Waals surface area contributed by atoms with Crippen LogP contribution in [0.2, 0.25) is 0 Å². The maximum absolute atomic E-state index is 12.8. The summed E-state index contributed by atoms with van der Waals surface area (Å²) in [7, 11) is 0. The fraction of sp³-hybridized carbons (Fsp3) is 0.227. The summed E-state index contributed by atoms with van der Waals surface area (Å²) < 4.78 is 85.8. The molecular weight excluding hydrogens is 903 g/mol. The number of carboxylic acid groups (broad SMARTS) is 2. The highest BCUT2D eigenvalue weighted by atomic mass is 32.2. The first kappa shape index (κ1) is 45.8. The first-order valence-corrected chi connectivity index (χ1v) is 21.7. The summed E-state index contributed by atoms with van der Waals surface area (Å²) in [6.07, 6.45) is -5.72. The number of rotatable bonds is 12. The zero-order valence-electron chi connectivity index (χ0n) is 34.2. The van der Waals surface area contributed by atoms with Crippen molar-refractivity contribution in [3.8, 4) is 26.9 Å². The predicted molar refractivity (Wildman–Crippen MR) is 233 cm³/mol. The van der Waals surface area contributed by atoms with Crippen LogP contribution in [0.4, 0.5) is 26.3 Å². The number of thioether (sulfide) groups is 1. The van der Waals surface area contributed by atoms with Crippen LogP contribution in [-0.4, -0.2) is 51.2 Å². The fourth-order valence-electron chi connectivity index (χ4n) is 6.75. The second-order valence-electron chi connectivity index (χ2n) is 14.5. The van der Waals surface area contributed by atoms with Crippen LogP contribution in [0.5, 0.6) is 5.75 Å². The van der Waals surface area contributed by atoms with Gasteiger partial charge in [0.25, 0.3) is 0 Å². The number of hydrogen-bond acceptors (Lipinski definition) is 10. The minimum Gasteiger partial charge on any atom is -0.488 e. The van der Waals surface area contributed by atoms with Gasteiger partial charge in [-0.1, -0.05) is 24.3 Å².